The lowest BCUT2D eigenvalue weighted by molar-refractivity contribution is 0.0282. The molecular formula is C12H22N2O3. The van der Waals surface area contributed by atoms with Gasteiger partial charge in [-0.25, -0.2) is 4.79 Å². The number of rotatable bonds is 1. The van der Waals surface area contributed by atoms with Gasteiger partial charge in [0.15, 0.2) is 0 Å². The number of nitrogens with zero attached hydrogens (tertiary/aromatic N) is 1. The molecule has 5 heteroatoms. The summed E-state index contributed by atoms with van der Waals surface area (Å²) in [7, 11) is 0. The summed E-state index contributed by atoms with van der Waals surface area (Å²) in [5, 5.41) is 9.24. The average molecular weight is 242 g/mol. The summed E-state index contributed by atoms with van der Waals surface area (Å²) in [4.78, 5) is 13.6. The van der Waals surface area contributed by atoms with E-state index in [1.54, 1.807) is 4.90 Å². The molecule has 0 aromatic heterocycles. The lowest BCUT2D eigenvalue weighted by Crippen LogP contribution is -2.39. The minimum Gasteiger partial charge on any atom is -0.444 e. The molecule has 2 rings (SSSR count). The summed E-state index contributed by atoms with van der Waals surface area (Å²) < 4.78 is 5.33. The van der Waals surface area contributed by atoms with Crippen molar-refractivity contribution < 1.29 is 14.6 Å². The number of ether oxygens (including phenoxy) is 1. The van der Waals surface area contributed by atoms with E-state index in [1.807, 2.05) is 20.8 Å². The van der Waals surface area contributed by atoms with Gasteiger partial charge in [-0.2, -0.15) is 0 Å². The summed E-state index contributed by atoms with van der Waals surface area (Å²) in [5.74, 6) is 0. The number of aliphatic hydroxyl groups excluding tert-OH is 1. The number of hydrogen-bond donors (Lipinski definition) is 2. The lowest BCUT2D eigenvalue weighted by Gasteiger charge is -2.24. The van der Waals surface area contributed by atoms with Crippen LogP contribution < -0.4 is 5.73 Å². The molecule has 1 saturated heterocycles. The van der Waals surface area contributed by atoms with Crippen LogP contribution in [0.25, 0.3) is 0 Å². The number of amides is 1. The lowest BCUT2D eigenvalue weighted by atomic mass is 10.00. The van der Waals surface area contributed by atoms with E-state index in [-0.39, 0.29) is 18.1 Å². The predicted molar refractivity (Wildman–Crippen MR) is 63.5 cm³/mol. The summed E-state index contributed by atoms with van der Waals surface area (Å²) in [6.07, 6.45) is 1.39. The molecule has 98 valence electrons. The van der Waals surface area contributed by atoms with Gasteiger partial charge in [-0.05, 0) is 33.6 Å². The zero-order chi connectivity index (χ0) is 12.9. The Balaban J connectivity index is 1.94. The minimum atomic E-state index is -0.482. The van der Waals surface area contributed by atoms with Crippen molar-refractivity contribution in [3.63, 3.8) is 0 Å². The van der Waals surface area contributed by atoms with Crippen molar-refractivity contribution in [1.82, 2.24) is 4.90 Å². The molecule has 0 radical (unpaired) electrons. The first-order valence-electron chi connectivity index (χ1n) is 6.09. The van der Waals surface area contributed by atoms with E-state index >= 15 is 0 Å². The molecule has 1 spiro atoms. The van der Waals surface area contributed by atoms with Crippen molar-refractivity contribution in [2.75, 3.05) is 19.7 Å². The molecule has 1 amide bonds. The highest BCUT2D eigenvalue weighted by atomic mass is 16.6. The third kappa shape index (κ3) is 2.13. The number of carbonyl (C=O) groups excluding carboxylic acids is 1. The normalized spacial score (nSPS) is 36.4. The van der Waals surface area contributed by atoms with Gasteiger partial charge in [0, 0.05) is 24.0 Å². The van der Waals surface area contributed by atoms with Crippen LogP contribution in [0.15, 0.2) is 0 Å². The van der Waals surface area contributed by atoms with Crippen LogP contribution in [-0.4, -0.2) is 46.9 Å². The Morgan fingerprint density at radius 1 is 1.53 bits per heavy atom. The summed E-state index contributed by atoms with van der Waals surface area (Å²) >= 11 is 0. The monoisotopic (exact) mass is 242 g/mol. The van der Waals surface area contributed by atoms with Crippen LogP contribution >= 0.6 is 0 Å². The topological polar surface area (TPSA) is 75.8 Å². The van der Waals surface area contributed by atoms with E-state index in [4.69, 9.17) is 10.5 Å². The number of hydrogen-bond acceptors (Lipinski definition) is 4. The fraction of sp³-hybridized carbons (Fsp3) is 0.917. The maximum absolute atomic E-state index is 11.9. The van der Waals surface area contributed by atoms with E-state index in [0.29, 0.717) is 13.1 Å². The molecule has 1 aliphatic heterocycles. The molecule has 0 aromatic carbocycles. The van der Waals surface area contributed by atoms with Gasteiger partial charge < -0.3 is 20.5 Å². The molecule has 2 unspecified atom stereocenters. The largest absolute Gasteiger partial charge is 0.444 e. The van der Waals surface area contributed by atoms with Crippen LogP contribution in [0.1, 0.15) is 33.6 Å². The Labute approximate surface area is 102 Å². The highest BCUT2D eigenvalue weighted by molar-refractivity contribution is 5.69. The zero-order valence-corrected chi connectivity index (χ0v) is 10.8. The number of nitrogens with two attached hydrogens (primary N) is 1. The third-order valence-electron chi connectivity index (χ3n) is 3.87. The van der Waals surface area contributed by atoms with Crippen LogP contribution in [0, 0.1) is 5.41 Å². The Morgan fingerprint density at radius 3 is 2.65 bits per heavy atom. The van der Waals surface area contributed by atoms with Crippen molar-refractivity contribution >= 4 is 6.09 Å². The predicted octanol–water partition coefficient (Wildman–Crippen LogP) is 0.707. The molecule has 2 atom stereocenters. The molecule has 0 bridgehead atoms. The Morgan fingerprint density at radius 2 is 2.18 bits per heavy atom. The number of aliphatic hydroxyl groups is 1. The Hall–Kier alpha value is -0.810. The second-order valence-corrected chi connectivity index (χ2v) is 6.42. The van der Waals surface area contributed by atoms with Crippen LogP contribution in [0.3, 0.4) is 0 Å². The summed E-state index contributed by atoms with van der Waals surface area (Å²) in [6.45, 7) is 6.85. The fourth-order valence-electron chi connectivity index (χ4n) is 2.69. The minimum absolute atomic E-state index is 0.00480. The first kappa shape index (κ1) is 12.6. The quantitative estimate of drug-likeness (QED) is 0.710. The Bertz CT molecular complexity index is 339. The number of likely N-dealkylation sites (tertiary alicyclic amines) is 1. The van der Waals surface area contributed by atoms with E-state index in [9.17, 15) is 9.90 Å². The molecule has 5 nitrogen and oxygen atoms in total. The summed E-state index contributed by atoms with van der Waals surface area (Å²) in [6, 6.07) is 0. The second kappa shape index (κ2) is 3.59. The van der Waals surface area contributed by atoms with Crippen LogP contribution in [-0.2, 0) is 4.74 Å². The molecule has 0 aromatic rings. The molecular weight excluding hydrogens is 220 g/mol. The van der Waals surface area contributed by atoms with Crippen LogP contribution in [0.5, 0.6) is 0 Å². The van der Waals surface area contributed by atoms with Crippen molar-refractivity contribution in [3.05, 3.63) is 0 Å². The van der Waals surface area contributed by atoms with Gasteiger partial charge in [-0.15, -0.1) is 0 Å². The molecule has 2 fully saturated rings. The first-order chi connectivity index (χ1) is 7.71. The molecule has 17 heavy (non-hydrogen) atoms. The molecule has 1 heterocycles. The van der Waals surface area contributed by atoms with E-state index < -0.39 is 11.1 Å². The Kier molecular flexibility index (Phi) is 2.67. The maximum Gasteiger partial charge on any atom is 0.410 e. The standard InChI is InChI=1S/C12H22N2O3/c1-10(2,3)17-9(16)14-5-4-11(7-14)6-12(11,13)8-15/h15H,4-8,13H2,1-3H3. The zero-order valence-electron chi connectivity index (χ0n) is 10.8. The van der Waals surface area contributed by atoms with E-state index in [1.165, 1.54) is 0 Å². The first-order valence-corrected chi connectivity index (χ1v) is 6.09. The molecule has 3 N–H and O–H groups in total. The van der Waals surface area contributed by atoms with Gasteiger partial charge in [0.1, 0.15) is 5.60 Å². The summed E-state index contributed by atoms with van der Waals surface area (Å²) in [5.41, 5.74) is 5.03. The van der Waals surface area contributed by atoms with Crippen LogP contribution in [0.2, 0.25) is 0 Å². The molecule has 1 aliphatic carbocycles. The average Bonchev–Trinajstić information content (AvgIpc) is 2.56. The highest BCUT2D eigenvalue weighted by Gasteiger charge is 2.67. The van der Waals surface area contributed by atoms with Gasteiger partial charge in [0.05, 0.1) is 6.61 Å². The number of carbonyl (C=O) groups is 1. The van der Waals surface area contributed by atoms with Crippen molar-refractivity contribution in [3.8, 4) is 0 Å². The maximum atomic E-state index is 11.9. The molecule has 1 saturated carbocycles. The highest BCUT2D eigenvalue weighted by Crippen LogP contribution is 2.59. The van der Waals surface area contributed by atoms with E-state index in [2.05, 4.69) is 0 Å². The van der Waals surface area contributed by atoms with Gasteiger partial charge >= 0.3 is 6.09 Å². The molecule has 2 aliphatic rings. The van der Waals surface area contributed by atoms with Gasteiger partial charge in [0.2, 0.25) is 0 Å². The smallest absolute Gasteiger partial charge is 0.410 e. The second-order valence-electron chi connectivity index (χ2n) is 6.42. The fourth-order valence-corrected chi connectivity index (χ4v) is 2.69. The van der Waals surface area contributed by atoms with Gasteiger partial charge in [0.25, 0.3) is 0 Å². The van der Waals surface area contributed by atoms with E-state index in [0.717, 1.165) is 12.8 Å². The third-order valence-corrected chi connectivity index (χ3v) is 3.87. The van der Waals surface area contributed by atoms with Gasteiger partial charge in [-0.3, -0.25) is 0 Å². The van der Waals surface area contributed by atoms with Crippen molar-refractivity contribution in [1.29, 1.82) is 0 Å². The SMILES string of the molecule is CC(C)(C)OC(=O)N1CCC2(C1)CC2(N)CO. The van der Waals surface area contributed by atoms with Gasteiger partial charge in [-0.1, -0.05) is 0 Å². The van der Waals surface area contributed by atoms with Crippen molar-refractivity contribution in [2.45, 2.75) is 44.8 Å². The van der Waals surface area contributed by atoms with Crippen molar-refractivity contribution in [2.24, 2.45) is 11.1 Å². The van der Waals surface area contributed by atoms with Crippen LogP contribution in [0.4, 0.5) is 4.79 Å².